The van der Waals surface area contributed by atoms with Crippen LogP contribution in [0.3, 0.4) is 0 Å². The molecule has 2 heterocycles. The van der Waals surface area contributed by atoms with Crippen LogP contribution in [-0.4, -0.2) is 58.0 Å². The average molecular weight is 299 g/mol. The highest BCUT2D eigenvalue weighted by Crippen LogP contribution is 2.30. The van der Waals surface area contributed by atoms with Crippen molar-refractivity contribution in [2.24, 2.45) is 5.92 Å². The molecule has 2 atom stereocenters. The van der Waals surface area contributed by atoms with Gasteiger partial charge in [0, 0.05) is 31.5 Å². The van der Waals surface area contributed by atoms with Gasteiger partial charge in [-0.25, -0.2) is 0 Å². The lowest BCUT2D eigenvalue weighted by atomic mass is 9.78. The number of hydrogen-bond donors (Lipinski definition) is 1. The molecule has 5 nitrogen and oxygen atoms in total. The Morgan fingerprint density at radius 2 is 1.62 bits per heavy atom. The fraction of sp³-hybridized carbons (Fsp3) is 0.938. The number of fused-ring (bicyclic) bond motifs is 2. The zero-order valence-electron chi connectivity index (χ0n) is 13.1. The molecule has 0 aromatic heterocycles. The van der Waals surface area contributed by atoms with Crippen LogP contribution in [-0.2, 0) is 19.0 Å². The second kappa shape index (κ2) is 9.51. The standard InChI is InChI=1S/C16H29NO4/c1-19-7-8-21-10-9-20-6-5-16(18)13-11-14-3-2-4-15(12-13)17-14/h13-15,17H,2-12H2,1H3. The Hall–Kier alpha value is -0.490. The number of methoxy groups -OCH3 is 1. The molecule has 122 valence electrons. The van der Waals surface area contributed by atoms with Crippen molar-refractivity contribution in [3.05, 3.63) is 0 Å². The number of carbonyl (C=O) groups excluding carboxylic acids is 1. The molecule has 0 aliphatic carbocycles. The molecular weight excluding hydrogens is 270 g/mol. The van der Waals surface area contributed by atoms with E-state index >= 15 is 0 Å². The first kappa shape index (κ1) is 16.9. The normalized spacial score (nSPS) is 28.5. The smallest absolute Gasteiger partial charge is 0.138 e. The number of ketones is 1. The van der Waals surface area contributed by atoms with Gasteiger partial charge in [-0.2, -0.15) is 0 Å². The molecule has 0 aromatic rings. The van der Waals surface area contributed by atoms with Gasteiger partial charge in [0.15, 0.2) is 0 Å². The maximum absolute atomic E-state index is 12.2. The van der Waals surface area contributed by atoms with Crippen molar-refractivity contribution in [1.82, 2.24) is 5.32 Å². The van der Waals surface area contributed by atoms with E-state index in [0.717, 1.165) is 12.8 Å². The van der Waals surface area contributed by atoms with E-state index in [1.807, 2.05) is 0 Å². The molecule has 0 spiro atoms. The molecule has 2 aliphatic heterocycles. The number of nitrogens with one attached hydrogen (secondary N) is 1. The van der Waals surface area contributed by atoms with Crippen LogP contribution in [0.5, 0.6) is 0 Å². The van der Waals surface area contributed by atoms with Gasteiger partial charge in [0.1, 0.15) is 5.78 Å². The monoisotopic (exact) mass is 299 g/mol. The predicted octanol–water partition coefficient (Wildman–Crippen LogP) is 1.55. The van der Waals surface area contributed by atoms with Crippen molar-refractivity contribution in [1.29, 1.82) is 0 Å². The molecule has 2 aliphatic rings. The number of carbonyl (C=O) groups is 1. The van der Waals surface area contributed by atoms with Crippen LogP contribution in [0.2, 0.25) is 0 Å². The fourth-order valence-electron chi connectivity index (χ4n) is 3.37. The molecular formula is C16H29NO4. The van der Waals surface area contributed by atoms with E-state index in [-0.39, 0.29) is 5.92 Å². The summed E-state index contributed by atoms with van der Waals surface area (Å²) in [5.74, 6) is 0.636. The van der Waals surface area contributed by atoms with E-state index < -0.39 is 0 Å². The van der Waals surface area contributed by atoms with Crippen LogP contribution in [0, 0.1) is 5.92 Å². The summed E-state index contributed by atoms with van der Waals surface area (Å²) in [5.41, 5.74) is 0. The number of hydrogen-bond acceptors (Lipinski definition) is 5. The summed E-state index contributed by atoms with van der Waals surface area (Å²) < 4.78 is 15.7. The minimum absolute atomic E-state index is 0.253. The molecule has 0 aromatic carbocycles. The first-order valence-corrected chi connectivity index (χ1v) is 8.22. The largest absolute Gasteiger partial charge is 0.382 e. The van der Waals surface area contributed by atoms with E-state index in [4.69, 9.17) is 14.2 Å². The second-order valence-electron chi connectivity index (χ2n) is 6.09. The third-order valence-electron chi connectivity index (χ3n) is 4.47. The lowest BCUT2D eigenvalue weighted by Gasteiger charge is -2.39. The quantitative estimate of drug-likeness (QED) is 0.620. The SMILES string of the molecule is COCCOCCOCCC(=O)C1CC2CCCC(C1)N2. The Morgan fingerprint density at radius 1 is 1.00 bits per heavy atom. The van der Waals surface area contributed by atoms with Crippen molar-refractivity contribution in [3.63, 3.8) is 0 Å². The van der Waals surface area contributed by atoms with E-state index in [0.29, 0.717) is 57.3 Å². The maximum atomic E-state index is 12.2. The minimum Gasteiger partial charge on any atom is -0.382 e. The van der Waals surface area contributed by atoms with Gasteiger partial charge < -0.3 is 19.5 Å². The predicted molar refractivity (Wildman–Crippen MR) is 80.4 cm³/mol. The van der Waals surface area contributed by atoms with E-state index in [1.54, 1.807) is 7.11 Å². The van der Waals surface area contributed by atoms with Crippen molar-refractivity contribution in [2.75, 3.05) is 40.1 Å². The molecule has 2 unspecified atom stereocenters. The average Bonchev–Trinajstić information content (AvgIpc) is 2.49. The van der Waals surface area contributed by atoms with E-state index in [1.165, 1.54) is 19.3 Å². The summed E-state index contributed by atoms with van der Waals surface area (Å²) in [6.07, 6.45) is 6.37. The van der Waals surface area contributed by atoms with Gasteiger partial charge in [-0.3, -0.25) is 4.79 Å². The zero-order valence-corrected chi connectivity index (χ0v) is 13.1. The lowest BCUT2D eigenvalue weighted by molar-refractivity contribution is -0.125. The molecule has 0 amide bonds. The van der Waals surface area contributed by atoms with Gasteiger partial charge in [0.05, 0.1) is 33.0 Å². The van der Waals surface area contributed by atoms with Crippen molar-refractivity contribution in [3.8, 4) is 0 Å². The highest BCUT2D eigenvalue weighted by atomic mass is 16.5. The van der Waals surface area contributed by atoms with Gasteiger partial charge in [0.2, 0.25) is 0 Å². The van der Waals surface area contributed by atoms with E-state index in [9.17, 15) is 4.79 Å². The third-order valence-corrected chi connectivity index (χ3v) is 4.47. The van der Waals surface area contributed by atoms with Crippen molar-refractivity contribution in [2.45, 2.75) is 50.6 Å². The van der Waals surface area contributed by atoms with Gasteiger partial charge in [-0.1, -0.05) is 6.42 Å². The molecule has 5 heteroatoms. The first-order chi connectivity index (χ1) is 10.3. The van der Waals surface area contributed by atoms with E-state index in [2.05, 4.69) is 5.32 Å². The Balaban J connectivity index is 1.51. The Bertz CT molecular complexity index is 299. The zero-order chi connectivity index (χ0) is 14.9. The summed E-state index contributed by atoms with van der Waals surface area (Å²) in [6, 6.07) is 1.14. The van der Waals surface area contributed by atoms with Crippen LogP contribution in [0.1, 0.15) is 38.5 Å². The van der Waals surface area contributed by atoms with Crippen molar-refractivity contribution < 1.29 is 19.0 Å². The first-order valence-electron chi connectivity index (χ1n) is 8.22. The summed E-state index contributed by atoms with van der Waals surface area (Å²) in [4.78, 5) is 12.2. The third kappa shape index (κ3) is 6.02. The highest BCUT2D eigenvalue weighted by Gasteiger charge is 2.34. The maximum Gasteiger partial charge on any atom is 0.138 e. The van der Waals surface area contributed by atoms with Gasteiger partial charge in [-0.05, 0) is 25.7 Å². The summed E-state index contributed by atoms with van der Waals surface area (Å²) in [6.45, 7) is 2.84. The number of ether oxygens (including phenoxy) is 3. The lowest BCUT2D eigenvalue weighted by Crippen LogP contribution is -2.50. The van der Waals surface area contributed by atoms with Gasteiger partial charge >= 0.3 is 0 Å². The summed E-state index contributed by atoms with van der Waals surface area (Å²) in [5, 5.41) is 3.63. The molecule has 0 saturated carbocycles. The minimum atomic E-state index is 0.253. The molecule has 2 fully saturated rings. The Morgan fingerprint density at radius 3 is 2.29 bits per heavy atom. The summed E-state index contributed by atoms with van der Waals surface area (Å²) in [7, 11) is 1.65. The van der Waals surface area contributed by atoms with Crippen LogP contribution < -0.4 is 5.32 Å². The fourth-order valence-corrected chi connectivity index (χ4v) is 3.37. The summed E-state index contributed by atoms with van der Waals surface area (Å²) >= 11 is 0. The number of Topliss-reactive ketones (excluding diaryl/α,β-unsaturated/α-hetero) is 1. The van der Waals surface area contributed by atoms with Gasteiger partial charge in [0.25, 0.3) is 0 Å². The van der Waals surface area contributed by atoms with Gasteiger partial charge in [-0.15, -0.1) is 0 Å². The molecule has 21 heavy (non-hydrogen) atoms. The Labute approximate surface area is 127 Å². The van der Waals surface area contributed by atoms with Crippen LogP contribution in [0.4, 0.5) is 0 Å². The van der Waals surface area contributed by atoms with Crippen LogP contribution in [0.15, 0.2) is 0 Å². The number of piperidine rings is 2. The molecule has 0 radical (unpaired) electrons. The van der Waals surface area contributed by atoms with Crippen molar-refractivity contribution >= 4 is 5.78 Å². The molecule has 1 N–H and O–H groups in total. The second-order valence-corrected chi connectivity index (χ2v) is 6.09. The molecule has 2 saturated heterocycles. The number of rotatable bonds is 10. The topological polar surface area (TPSA) is 56.8 Å². The molecule has 2 bridgehead atoms. The van der Waals surface area contributed by atoms with Crippen LogP contribution in [0.25, 0.3) is 0 Å². The Kier molecular flexibility index (Phi) is 7.64. The van der Waals surface area contributed by atoms with Crippen LogP contribution >= 0.6 is 0 Å². The molecule has 2 rings (SSSR count). The highest BCUT2D eigenvalue weighted by molar-refractivity contribution is 5.81.